The minimum absolute atomic E-state index is 0.00128. The Hall–Kier alpha value is -5.18. The van der Waals surface area contributed by atoms with Crippen LogP contribution in [0.2, 0.25) is 0 Å². The Morgan fingerprint density at radius 2 is 1.54 bits per heavy atom. The molecule has 356 valence electrons. The van der Waals surface area contributed by atoms with Gasteiger partial charge in [0.05, 0.1) is 43.2 Å². The van der Waals surface area contributed by atoms with Gasteiger partial charge in [0.25, 0.3) is 11.5 Å². The monoisotopic (exact) mass is 943 g/mol. The number of nitrogen functional groups attached to an aromatic ring is 1. The van der Waals surface area contributed by atoms with E-state index in [0.29, 0.717) is 41.7 Å². The molecule has 0 saturated heterocycles. The van der Waals surface area contributed by atoms with Crippen molar-refractivity contribution in [3.8, 4) is 0 Å². The van der Waals surface area contributed by atoms with Gasteiger partial charge in [0, 0.05) is 78.0 Å². The highest BCUT2D eigenvalue weighted by Gasteiger charge is 2.34. The number of carbonyl (C=O) groups excluding carboxylic acids is 5. The lowest BCUT2D eigenvalue weighted by Gasteiger charge is -2.36. The lowest BCUT2D eigenvalue weighted by molar-refractivity contribution is -0.146. The molecule has 1 fully saturated rings. The lowest BCUT2D eigenvalue weighted by atomic mass is 9.99. The van der Waals surface area contributed by atoms with Crippen LogP contribution < -0.4 is 21.9 Å². The number of pyridine rings is 1. The predicted molar refractivity (Wildman–Crippen MR) is 247 cm³/mol. The average Bonchev–Trinajstić information content (AvgIpc) is 3.67. The molecule has 1 aliphatic carbocycles. The maximum Gasteiger partial charge on any atom is 0.326 e. The van der Waals surface area contributed by atoms with E-state index in [2.05, 4.69) is 20.6 Å². The number of benzene rings is 1. The van der Waals surface area contributed by atoms with Gasteiger partial charge in [-0.1, -0.05) is 19.1 Å². The molecule has 5 atom stereocenters. The molecule has 20 heteroatoms. The van der Waals surface area contributed by atoms with E-state index in [1.807, 2.05) is 6.92 Å². The summed E-state index contributed by atoms with van der Waals surface area (Å²) < 4.78 is 16.0. The molecule has 0 spiro atoms. The van der Waals surface area contributed by atoms with Gasteiger partial charge in [0.2, 0.25) is 5.91 Å². The van der Waals surface area contributed by atoms with Crippen LogP contribution in [-0.4, -0.2) is 129 Å². The number of esters is 1. The topological polar surface area (TPSA) is 286 Å². The molecule has 2 amide bonds. The van der Waals surface area contributed by atoms with E-state index in [1.54, 1.807) is 60.1 Å². The first kappa shape index (κ1) is 52.4. The van der Waals surface area contributed by atoms with Crippen molar-refractivity contribution in [2.45, 2.75) is 94.6 Å². The first-order valence-corrected chi connectivity index (χ1v) is 23.9. The van der Waals surface area contributed by atoms with Crippen LogP contribution in [0.1, 0.15) is 86.7 Å². The van der Waals surface area contributed by atoms with Crippen LogP contribution in [0, 0.1) is 11.8 Å². The largest absolute Gasteiger partial charge is 0.481 e. The van der Waals surface area contributed by atoms with Crippen LogP contribution in [0.3, 0.4) is 0 Å². The number of ether oxygens (including phenoxy) is 3. The molecular formula is C45H61N5O13S2. The molecule has 2 aromatic heterocycles. The van der Waals surface area contributed by atoms with Crippen molar-refractivity contribution >= 4 is 81.5 Å². The van der Waals surface area contributed by atoms with Crippen molar-refractivity contribution in [1.82, 2.24) is 20.6 Å². The number of nitrogens with one attached hydrogen (secondary N) is 4. The highest BCUT2D eigenvalue weighted by atomic mass is 32.2. The third-order valence-electron chi connectivity index (χ3n) is 10.9. The van der Waals surface area contributed by atoms with Gasteiger partial charge in [-0.25, -0.2) is 4.79 Å². The van der Waals surface area contributed by atoms with Gasteiger partial charge >= 0.3 is 17.9 Å². The number of hydrogen-bond donors (Lipinski definition) is 7. The molecule has 2 heterocycles. The number of aliphatic carboxylic acids is 2. The number of nitrogens with two attached hydrogens (primary N) is 1. The van der Waals surface area contributed by atoms with Gasteiger partial charge < -0.3 is 50.8 Å². The molecule has 4 rings (SSSR count). The first-order chi connectivity index (χ1) is 31.1. The second-order valence-electron chi connectivity index (χ2n) is 15.9. The summed E-state index contributed by atoms with van der Waals surface area (Å²) in [5.41, 5.74) is 8.07. The van der Waals surface area contributed by atoms with E-state index in [-0.39, 0.29) is 123 Å². The zero-order valence-electron chi connectivity index (χ0n) is 36.9. The third kappa shape index (κ3) is 18.0. The number of aromatic amines is 2. The second-order valence-corrected chi connectivity index (χ2v) is 18.4. The van der Waals surface area contributed by atoms with Gasteiger partial charge in [-0.3, -0.25) is 33.6 Å². The quantitative estimate of drug-likeness (QED) is 0.0345. The van der Waals surface area contributed by atoms with Crippen LogP contribution in [0.15, 0.2) is 41.3 Å². The average molecular weight is 944 g/mol. The Morgan fingerprint density at radius 1 is 0.862 bits per heavy atom. The maximum atomic E-state index is 12.9. The highest BCUT2D eigenvalue weighted by Crippen LogP contribution is 2.42. The Labute approximate surface area is 385 Å². The van der Waals surface area contributed by atoms with Crippen molar-refractivity contribution in [1.29, 1.82) is 0 Å². The number of fused-ring (bicyclic) bond motifs is 1. The molecule has 4 unspecified atom stereocenters. The maximum absolute atomic E-state index is 12.9. The standard InChI is InChI=1S/C45H61N5O13S2/c1-3-29(25-64-36-11-12-37(36)65-26-32(44(57)58)22-33(52)15-18-61-17-14-27(2)51)41(54)47-16-19-62-20-21-63-39(53)13-10-34(45(59)60)49-42(55)30-7-4-28(5-8-30)6-9-31-24-48-35-23-38(46)50-43(56)40(31)35/h4-5,7-8,23-24,29,32,34,36-37,48H,3,6,9-22,25-26H2,1-2H3,(H,47,54)(H,49,55)(H,57,58)(H,59,60)(H3,46,50,56)/t29?,32?,34-,36?,37?/m0/s1. The summed E-state index contributed by atoms with van der Waals surface area (Å²) in [4.78, 5) is 103. The number of aryl methyl sites for hydroxylation is 2. The summed E-state index contributed by atoms with van der Waals surface area (Å²) >= 11 is 3.27. The molecule has 1 aliphatic rings. The van der Waals surface area contributed by atoms with Gasteiger partial charge in [-0.15, -0.1) is 0 Å². The molecule has 0 aliphatic heterocycles. The lowest BCUT2D eigenvalue weighted by Crippen LogP contribution is -2.41. The Morgan fingerprint density at radius 3 is 2.18 bits per heavy atom. The minimum atomic E-state index is -1.33. The number of aromatic nitrogens is 2. The second kappa shape index (κ2) is 27.3. The molecule has 8 N–H and O–H groups in total. The van der Waals surface area contributed by atoms with Crippen LogP contribution >= 0.6 is 23.5 Å². The van der Waals surface area contributed by atoms with Crippen LogP contribution in [0.5, 0.6) is 0 Å². The number of H-pyrrole nitrogens is 2. The number of amides is 2. The molecule has 1 saturated carbocycles. The number of thioether (sulfide) groups is 2. The van der Waals surface area contributed by atoms with E-state index < -0.39 is 35.8 Å². The number of ketones is 2. The summed E-state index contributed by atoms with van der Waals surface area (Å²) in [6.07, 6.45) is 5.35. The number of carboxylic acids is 2. The van der Waals surface area contributed by atoms with Crippen molar-refractivity contribution in [2.75, 3.05) is 56.8 Å². The third-order valence-corrected chi connectivity index (χ3v) is 14.3. The van der Waals surface area contributed by atoms with E-state index in [0.717, 1.165) is 24.0 Å². The van der Waals surface area contributed by atoms with Crippen LogP contribution in [0.25, 0.3) is 10.9 Å². The van der Waals surface area contributed by atoms with Crippen LogP contribution in [0.4, 0.5) is 5.82 Å². The fourth-order valence-corrected chi connectivity index (χ4v) is 10.3. The Balaban J connectivity index is 1.05. The Bertz CT molecular complexity index is 2140. The van der Waals surface area contributed by atoms with Crippen molar-refractivity contribution < 1.29 is 58.0 Å². The van der Waals surface area contributed by atoms with Crippen molar-refractivity contribution in [3.05, 3.63) is 63.6 Å². The Kier molecular flexibility index (Phi) is 22.1. The van der Waals surface area contributed by atoms with Gasteiger partial charge in [0.1, 0.15) is 30.0 Å². The van der Waals surface area contributed by atoms with E-state index in [9.17, 15) is 48.6 Å². The number of carboxylic acid groups (broad SMARTS) is 2. The normalized spacial score (nSPS) is 15.9. The molecular weight excluding hydrogens is 883 g/mol. The summed E-state index contributed by atoms with van der Waals surface area (Å²) in [6.45, 7) is 4.23. The van der Waals surface area contributed by atoms with Crippen molar-refractivity contribution in [2.24, 2.45) is 11.8 Å². The summed E-state index contributed by atoms with van der Waals surface area (Å²) in [7, 11) is 0. The number of rotatable bonds is 32. The van der Waals surface area contributed by atoms with E-state index in [4.69, 9.17) is 19.9 Å². The molecule has 0 radical (unpaired) electrons. The molecule has 3 aromatic rings. The van der Waals surface area contributed by atoms with Gasteiger partial charge in [0.15, 0.2) is 0 Å². The summed E-state index contributed by atoms with van der Waals surface area (Å²) in [5.74, 6) is -3.65. The first-order valence-electron chi connectivity index (χ1n) is 21.8. The van der Waals surface area contributed by atoms with E-state index >= 15 is 0 Å². The molecule has 18 nitrogen and oxygen atoms in total. The molecule has 0 bridgehead atoms. The smallest absolute Gasteiger partial charge is 0.326 e. The van der Waals surface area contributed by atoms with Gasteiger partial charge in [-0.2, -0.15) is 23.5 Å². The number of anilines is 1. The fourth-order valence-electron chi connectivity index (χ4n) is 6.87. The number of hydrogen-bond acceptors (Lipinski definition) is 14. The zero-order chi connectivity index (χ0) is 47.3. The van der Waals surface area contributed by atoms with E-state index in [1.165, 1.54) is 6.92 Å². The SMILES string of the molecule is CCC(CSC1CCC1SCC(CC(=O)CCOCCC(C)=O)C(=O)O)C(=O)NCCOCCOC(=O)CC[C@H](NC(=O)c1ccc(CCc2c[nH]c3cc(N)[nH]c(=O)c23)cc1)C(=O)O. The number of carbonyl (C=O) groups is 7. The zero-order valence-corrected chi connectivity index (χ0v) is 38.5. The van der Waals surface area contributed by atoms with Crippen molar-refractivity contribution in [3.63, 3.8) is 0 Å². The fraction of sp³-hybridized carbons (Fsp3) is 0.556. The van der Waals surface area contributed by atoms with Gasteiger partial charge in [-0.05, 0) is 68.7 Å². The summed E-state index contributed by atoms with van der Waals surface area (Å²) in [6, 6.07) is 7.00. The highest BCUT2D eigenvalue weighted by molar-refractivity contribution is 8.04. The minimum Gasteiger partial charge on any atom is -0.481 e. The van der Waals surface area contributed by atoms with Crippen LogP contribution in [-0.2, 0) is 55.8 Å². The predicted octanol–water partition coefficient (Wildman–Crippen LogP) is 3.93. The summed E-state index contributed by atoms with van der Waals surface area (Å²) in [5, 5.41) is 25.8. The number of Topliss-reactive ketones (excluding diaryl/α,β-unsaturated/α-hetero) is 2. The molecule has 1 aromatic carbocycles. The molecule has 65 heavy (non-hydrogen) atoms.